The van der Waals surface area contributed by atoms with E-state index in [-0.39, 0.29) is 17.9 Å². The van der Waals surface area contributed by atoms with Gasteiger partial charge in [-0.05, 0) is 25.2 Å². The topological polar surface area (TPSA) is 55.6 Å². The molecule has 1 rings (SSSR count). The van der Waals surface area contributed by atoms with Crippen molar-refractivity contribution in [2.45, 2.75) is 32.2 Å². The highest BCUT2D eigenvalue weighted by molar-refractivity contribution is 5.79. The first-order valence-corrected chi connectivity index (χ1v) is 6.05. The van der Waals surface area contributed by atoms with E-state index in [2.05, 4.69) is 6.92 Å². The van der Waals surface area contributed by atoms with Gasteiger partial charge in [-0.1, -0.05) is 6.92 Å². The molecule has 3 atom stereocenters. The molecular weight excluding hydrogens is 204 g/mol. The van der Waals surface area contributed by atoms with Crippen LogP contribution in [0.25, 0.3) is 0 Å². The number of hydrogen-bond acceptors (Lipinski definition) is 3. The van der Waals surface area contributed by atoms with Crippen molar-refractivity contribution in [2.75, 3.05) is 27.3 Å². The molecule has 1 saturated carbocycles. The number of likely N-dealkylation sites (N-methyl/N-ethyl adjacent to an activating group) is 1. The lowest BCUT2D eigenvalue weighted by molar-refractivity contribution is -0.136. The third-order valence-corrected chi connectivity index (χ3v) is 3.49. The molecule has 0 aromatic rings. The predicted octanol–water partition coefficient (Wildman–Crippen LogP) is 0.855. The fourth-order valence-electron chi connectivity index (χ4n) is 2.31. The Morgan fingerprint density at radius 2 is 2.19 bits per heavy atom. The van der Waals surface area contributed by atoms with Gasteiger partial charge in [-0.25, -0.2) is 0 Å². The number of ether oxygens (including phenoxy) is 1. The lowest BCUT2D eigenvalue weighted by Gasteiger charge is -2.34. The molecule has 0 aromatic heterocycles. The van der Waals surface area contributed by atoms with Crippen LogP contribution < -0.4 is 5.73 Å². The zero-order valence-corrected chi connectivity index (χ0v) is 10.6. The zero-order chi connectivity index (χ0) is 12.1. The minimum Gasteiger partial charge on any atom is -0.383 e. The van der Waals surface area contributed by atoms with Crippen LogP contribution in [0.3, 0.4) is 0 Å². The number of hydrogen-bond donors (Lipinski definition) is 1. The molecule has 0 bridgehead atoms. The maximum Gasteiger partial charge on any atom is 0.227 e. The number of methoxy groups -OCH3 is 1. The number of carbonyl (C=O) groups is 1. The summed E-state index contributed by atoms with van der Waals surface area (Å²) < 4.78 is 4.97. The minimum absolute atomic E-state index is 0.00519. The summed E-state index contributed by atoms with van der Waals surface area (Å²) in [5.74, 6) is 0.797. The summed E-state index contributed by atoms with van der Waals surface area (Å²) >= 11 is 0. The lowest BCUT2D eigenvalue weighted by atomic mass is 9.78. The summed E-state index contributed by atoms with van der Waals surface area (Å²) in [4.78, 5) is 13.9. The SMILES string of the molecule is COCCN(C)C(=O)C1CC(C)CCC1N. The van der Waals surface area contributed by atoms with Crippen molar-refractivity contribution in [2.24, 2.45) is 17.6 Å². The Morgan fingerprint density at radius 1 is 1.50 bits per heavy atom. The standard InChI is InChI=1S/C12H24N2O2/c1-9-4-5-11(13)10(8-9)12(15)14(2)6-7-16-3/h9-11H,4-8,13H2,1-3H3. The Kier molecular flexibility index (Phi) is 5.22. The predicted molar refractivity (Wildman–Crippen MR) is 64.0 cm³/mol. The summed E-state index contributed by atoms with van der Waals surface area (Å²) in [6.45, 7) is 3.42. The van der Waals surface area contributed by atoms with Gasteiger partial charge in [-0.15, -0.1) is 0 Å². The monoisotopic (exact) mass is 228 g/mol. The molecule has 2 N–H and O–H groups in total. The molecule has 0 aliphatic heterocycles. The Morgan fingerprint density at radius 3 is 2.81 bits per heavy atom. The van der Waals surface area contributed by atoms with Gasteiger partial charge in [0.15, 0.2) is 0 Å². The van der Waals surface area contributed by atoms with Crippen molar-refractivity contribution in [3.8, 4) is 0 Å². The Bertz CT molecular complexity index is 233. The second-order valence-corrected chi connectivity index (χ2v) is 4.94. The van der Waals surface area contributed by atoms with E-state index in [1.807, 2.05) is 7.05 Å². The molecule has 0 radical (unpaired) electrons. The highest BCUT2D eigenvalue weighted by atomic mass is 16.5. The van der Waals surface area contributed by atoms with Crippen LogP contribution in [0.4, 0.5) is 0 Å². The average Bonchev–Trinajstić information content (AvgIpc) is 2.28. The van der Waals surface area contributed by atoms with E-state index < -0.39 is 0 Å². The largest absolute Gasteiger partial charge is 0.383 e. The van der Waals surface area contributed by atoms with Crippen LogP contribution in [0.2, 0.25) is 0 Å². The van der Waals surface area contributed by atoms with Crippen molar-refractivity contribution in [1.29, 1.82) is 0 Å². The van der Waals surface area contributed by atoms with Crippen LogP contribution >= 0.6 is 0 Å². The highest BCUT2D eigenvalue weighted by Crippen LogP contribution is 2.28. The number of amides is 1. The molecule has 4 heteroatoms. The molecular formula is C12H24N2O2. The van der Waals surface area contributed by atoms with Crippen molar-refractivity contribution >= 4 is 5.91 Å². The molecule has 0 aromatic carbocycles. The first kappa shape index (κ1) is 13.5. The van der Waals surface area contributed by atoms with Gasteiger partial charge in [0.05, 0.1) is 12.5 Å². The van der Waals surface area contributed by atoms with Crippen molar-refractivity contribution in [3.05, 3.63) is 0 Å². The molecule has 1 fully saturated rings. The van der Waals surface area contributed by atoms with E-state index >= 15 is 0 Å². The molecule has 16 heavy (non-hydrogen) atoms. The Labute approximate surface area is 98.1 Å². The number of rotatable bonds is 4. The average molecular weight is 228 g/mol. The van der Waals surface area contributed by atoms with E-state index in [0.29, 0.717) is 19.1 Å². The van der Waals surface area contributed by atoms with Gasteiger partial charge in [0.2, 0.25) is 5.91 Å². The second kappa shape index (κ2) is 6.21. The number of nitrogens with two attached hydrogens (primary N) is 1. The van der Waals surface area contributed by atoms with Gasteiger partial charge in [0.1, 0.15) is 0 Å². The Hall–Kier alpha value is -0.610. The van der Waals surface area contributed by atoms with Crippen molar-refractivity contribution in [1.82, 2.24) is 4.90 Å². The molecule has 1 aliphatic carbocycles. The molecule has 1 aliphatic rings. The smallest absolute Gasteiger partial charge is 0.227 e. The Balaban J connectivity index is 2.50. The molecule has 3 unspecified atom stereocenters. The molecule has 4 nitrogen and oxygen atoms in total. The molecule has 0 spiro atoms. The fourth-order valence-corrected chi connectivity index (χ4v) is 2.31. The summed E-state index contributed by atoms with van der Waals surface area (Å²) in [5, 5.41) is 0. The number of nitrogens with zero attached hydrogens (tertiary/aromatic N) is 1. The maximum absolute atomic E-state index is 12.2. The van der Waals surface area contributed by atoms with Crippen LogP contribution in [-0.4, -0.2) is 44.2 Å². The van der Waals surface area contributed by atoms with Crippen LogP contribution in [0.1, 0.15) is 26.2 Å². The quantitative estimate of drug-likeness (QED) is 0.776. The van der Waals surface area contributed by atoms with E-state index in [4.69, 9.17) is 10.5 Å². The van der Waals surface area contributed by atoms with E-state index in [1.54, 1.807) is 12.0 Å². The summed E-state index contributed by atoms with van der Waals surface area (Å²) in [6, 6.07) is 0.0358. The minimum atomic E-state index is 0.00519. The third kappa shape index (κ3) is 3.46. The first-order valence-electron chi connectivity index (χ1n) is 6.05. The van der Waals surface area contributed by atoms with Crippen LogP contribution in [0, 0.1) is 11.8 Å². The van der Waals surface area contributed by atoms with Gasteiger partial charge in [0, 0.05) is 26.7 Å². The van der Waals surface area contributed by atoms with E-state index in [1.165, 1.54) is 0 Å². The summed E-state index contributed by atoms with van der Waals surface area (Å²) in [7, 11) is 3.47. The fraction of sp³-hybridized carbons (Fsp3) is 0.917. The molecule has 0 saturated heterocycles. The van der Waals surface area contributed by atoms with Gasteiger partial charge in [-0.3, -0.25) is 4.79 Å². The van der Waals surface area contributed by atoms with Gasteiger partial charge in [-0.2, -0.15) is 0 Å². The van der Waals surface area contributed by atoms with Crippen LogP contribution in [-0.2, 0) is 9.53 Å². The van der Waals surface area contributed by atoms with Gasteiger partial charge in [0.25, 0.3) is 0 Å². The van der Waals surface area contributed by atoms with E-state index in [0.717, 1.165) is 19.3 Å². The van der Waals surface area contributed by atoms with Gasteiger partial charge >= 0.3 is 0 Å². The van der Waals surface area contributed by atoms with Crippen LogP contribution in [0.5, 0.6) is 0 Å². The van der Waals surface area contributed by atoms with Crippen molar-refractivity contribution in [3.63, 3.8) is 0 Å². The summed E-state index contributed by atoms with van der Waals surface area (Å²) in [6.07, 6.45) is 3.04. The highest BCUT2D eigenvalue weighted by Gasteiger charge is 2.32. The van der Waals surface area contributed by atoms with Crippen molar-refractivity contribution < 1.29 is 9.53 Å². The second-order valence-electron chi connectivity index (χ2n) is 4.94. The molecule has 94 valence electrons. The third-order valence-electron chi connectivity index (χ3n) is 3.49. The summed E-state index contributed by atoms with van der Waals surface area (Å²) in [5.41, 5.74) is 6.03. The van der Waals surface area contributed by atoms with E-state index in [9.17, 15) is 4.79 Å². The molecule has 0 heterocycles. The van der Waals surface area contributed by atoms with Crippen LogP contribution in [0.15, 0.2) is 0 Å². The normalized spacial score (nSPS) is 30.1. The first-order chi connectivity index (χ1) is 7.56. The maximum atomic E-state index is 12.2. The number of carbonyl (C=O) groups excluding carboxylic acids is 1. The zero-order valence-electron chi connectivity index (χ0n) is 10.6. The van der Waals surface area contributed by atoms with Gasteiger partial charge < -0.3 is 15.4 Å². The lowest BCUT2D eigenvalue weighted by Crippen LogP contribution is -2.46. The molecule has 1 amide bonds.